The second kappa shape index (κ2) is 7.41. The fourth-order valence-electron chi connectivity index (χ4n) is 3.67. The highest BCUT2D eigenvalue weighted by Gasteiger charge is 2.29. The van der Waals surface area contributed by atoms with Gasteiger partial charge in [0.05, 0.1) is 5.56 Å². The zero-order chi connectivity index (χ0) is 20.5. The van der Waals surface area contributed by atoms with Crippen molar-refractivity contribution in [2.45, 2.75) is 12.8 Å². The van der Waals surface area contributed by atoms with Crippen LogP contribution in [0.1, 0.15) is 37.8 Å². The van der Waals surface area contributed by atoms with Crippen LogP contribution in [0.2, 0.25) is 0 Å². The van der Waals surface area contributed by atoms with E-state index in [2.05, 4.69) is 17.4 Å². The minimum absolute atomic E-state index is 0.0236. The van der Waals surface area contributed by atoms with Gasteiger partial charge in [-0.2, -0.15) is 5.26 Å². The number of nitriles is 1. The Bertz CT molecular complexity index is 1130. The van der Waals surface area contributed by atoms with Gasteiger partial charge in [0.15, 0.2) is 0 Å². The number of anilines is 1. The number of hydrogen-bond donors (Lipinski definition) is 2. The lowest BCUT2D eigenvalue weighted by atomic mass is 9.98. The zero-order valence-electron chi connectivity index (χ0n) is 15.4. The van der Waals surface area contributed by atoms with Gasteiger partial charge in [0.1, 0.15) is 22.6 Å². The van der Waals surface area contributed by atoms with Gasteiger partial charge in [0.2, 0.25) is 0 Å². The van der Waals surface area contributed by atoms with Crippen molar-refractivity contribution in [3.63, 3.8) is 0 Å². The Balaban J connectivity index is 1.52. The topological polar surface area (TPSA) is 99.4 Å². The summed E-state index contributed by atoms with van der Waals surface area (Å²) in [6, 6.07) is 18.0. The van der Waals surface area contributed by atoms with E-state index in [0.717, 1.165) is 33.6 Å². The van der Waals surface area contributed by atoms with Crippen LogP contribution in [-0.4, -0.2) is 23.8 Å². The van der Waals surface area contributed by atoms with E-state index in [1.54, 1.807) is 6.92 Å². The molecule has 0 spiro atoms. The first-order chi connectivity index (χ1) is 14.0. The molecule has 6 nitrogen and oxygen atoms in total. The maximum absolute atomic E-state index is 12.4. The molecule has 0 aliphatic heterocycles. The highest BCUT2D eigenvalue weighted by atomic mass is 32.1. The monoisotopic (exact) mass is 404 g/mol. The van der Waals surface area contributed by atoms with Crippen molar-refractivity contribution in [3.8, 4) is 17.2 Å². The van der Waals surface area contributed by atoms with E-state index in [9.17, 15) is 20.0 Å². The Labute approximate surface area is 171 Å². The molecule has 1 aromatic heterocycles. The molecule has 0 atom stereocenters. The minimum Gasteiger partial charge on any atom is -0.477 e. The minimum atomic E-state index is -1.13. The highest BCUT2D eigenvalue weighted by molar-refractivity contribution is 7.18. The average Bonchev–Trinajstić information content (AvgIpc) is 3.21. The number of hydrogen-bond acceptors (Lipinski definition) is 5. The molecule has 7 heteroatoms. The van der Waals surface area contributed by atoms with Crippen LogP contribution in [0.15, 0.2) is 48.5 Å². The van der Waals surface area contributed by atoms with Gasteiger partial charge >= 0.3 is 12.1 Å². The van der Waals surface area contributed by atoms with E-state index < -0.39 is 12.1 Å². The zero-order valence-corrected chi connectivity index (χ0v) is 16.2. The van der Waals surface area contributed by atoms with Crippen molar-refractivity contribution in [3.05, 3.63) is 75.7 Å². The molecule has 3 aromatic rings. The lowest BCUT2D eigenvalue weighted by Crippen LogP contribution is -2.17. The van der Waals surface area contributed by atoms with E-state index in [4.69, 9.17) is 4.74 Å². The van der Waals surface area contributed by atoms with Gasteiger partial charge in [-0.3, -0.25) is 5.32 Å². The van der Waals surface area contributed by atoms with Crippen molar-refractivity contribution in [2.75, 3.05) is 11.9 Å². The fraction of sp³-hybridized carbons (Fsp3) is 0.136. The molecule has 0 saturated carbocycles. The van der Waals surface area contributed by atoms with Gasteiger partial charge in [-0.25, -0.2) is 9.59 Å². The summed E-state index contributed by atoms with van der Waals surface area (Å²) in [5.41, 5.74) is 4.92. The Morgan fingerprint density at radius 1 is 1.14 bits per heavy atom. The first-order valence-corrected chi connectivity index (χ1v) is 9.71. The summed E-state index contributed by atoms with van der Waals surface area (Å²) < 4.78 is 5.45. The molecule has 0 bridgehead atoms. The standard InChI is InChI=1S/C22H16N2O4S/c1-12-17(10-23)20(29-19(12)21(25)26)24-22(27)28-11-18-15-8-4-2-6-13(15)14-7-3-5-9-16(14)18/h2-9,18H,11H2,1H3,(H,24,27)(H,25,26). The van der Waals surface area contributed by atoms with E-state index >= 15 is 0 Å². The predicted octanol–water partition coefficient (Wildman–Crippen LogP) is 4.99. The molecule has 1 aliphatic rings. The molecular formula is C22H16N2O4S. The van der Waals surface area contributed by atoms with E-state index in [1.165, 1.54) is 0 Å². The number of carboxylic acid groups (broad SMARTS) is 1. The maximum atomic E-state index is 12.4. The third-order valence-corrected chi connectivity index (χ3v) is 6.21. The molecule has 0 radical (unpaired) electrons. The summed E-state index contributed by atoms with van der Waals surface area (Å²) in [7, 11) is 0. The Hall–Kier alpha value is -3.63. The van der Waals surface area contributed by atoms with Crippen LogP contribution in [0.25, 0.3) is 11.1 Å². The number of nitrogens with one attached hydrogen (secondary N) is 1. The fourth-order valence-corrected chi connectivity index (χ4v) is 4.65. The summed E-state index contributed by atoms with van der Waals surface area (Å²) in [6.07, 6.45) is -0.721. The second-order valence-electron chi connectivity index (χ2n) is 6.63. The second-order valence-corrected chi connectivity index (χ2v) is 7.65. The molecule has 1 aliphatic carbocycles. The quantitative estimate of drug-likeness (QED) is 0.638. The van der Waals surface area contributed by atoms with Crippen molar-refractivity contribution in [1.82, 2.24) is 0 Å². The lowest BCUT2D eigenvalue weighted by Gasteiger charge is -2.14. The molecule has 4 rings (SSSR count). The van der Waals surface area contributed by atoms with Crippen LogP contribution in [0.5, 0.6) is 0 Å². The number of ether oxygens (including phenoxy) is 1. The number of fused-ring (bicyclic) bond motifs is 3. The molecule has 1 heterocycles. The van der Waals surface area contributed by atoms with Gasteiger partial charge in [-0.15, -0.1) is 11.3 Å². The van der Waals surface area contributed by atoms with Crippen LogP contribution in [-0.2, 0) is 4.74 Å². The van der Waals surface area contributed by atoms with Crippen molar-refractivity contribution in [2.24, 2.45) is 0 Å². The molecule has 0 saturated heterocycles. The summed E-state index contributed by atoms with van der Waals surface area (Å²) in [5, 5.41) is 21.2. The lowest BCUT2D eigenvalue weighted by molar-refractivity contribution is 0.0701. The van der Waals surface area contributed by atoms with Crippen LogP contribution in [0.3, 0.4) is 0 Å². The smallest absolute Gasteiger partial charge is 0.412 e. The normalized spacial score (nSPS) is 12.0. The Morgan fingerprint density at radius 2 is 1.72 bits per heavy atom. The van der Waals surface area contributed by atoms with Crippen LogP contribution >= 0.6 is 11.3 Å². The molecule has 0 fully saturated rings. The summed E-state index contributed by atoms with van der Waals surface area (Å²) in [5.74, 6) is -1.21. The number of thiophene rings is 1. The van der Waals surface area contributed by atoms with E-state index in [0.29, 0.717) is 5.56 Å². The number of carbonyl (C=O) groups excluding carboxylic acids is 1. The highest BCUT2D eigenvalue weighted by Crippen LogP contribution is 2.44. The molecular weight excluding hydrogens is 388 g/mol. The molecule has 29 heavy (non-hydrogen) atoms. The number of rotatable bonds is 4. The third-order valence-electron chi connectivity index (χ3n) is 5.01. The number of benzene rings is 2. The third kappa shape index (κ3) is 3.24. The van der Waals surface area contributed by atoms with E-state index in [1.807, 2.05) is 42.5 Å². The SMILES string of the molecule is Cc1c(C(=O)O)sc(NC(=O)OCC2c3ccccc3-c3ccccc32)c1C#N. The summed E-state index contributed by atoms with van der Waals surface area (Å²) >= 11 is 0.848. The molecule has 2 N–H and O–H groups in total. The van der Waals surface area contributed by atoms with Crippen molar-refractivity contribution >= 4 is 28.4 Å². The maximum Gasteiger partial charge on any atom is 0.412 e. The largest absolute Gasteiger partial charge is 0.477 e. The van der Waals surface area contributed by atoms with E-state index in [-0.39, 0.29) is 28.0 Å². The number of carboxylic acids is 1. The first-order valence-electron chi connectivity index (χ1n) is 8.90. The van der Waals surface area contributed by atoms with Crippen molar-refractivity contribution < 1.29 is 19.4 Å². The van der Waals surface area contributed by atoms with Gasteiger partial charge in [0, 0.05) is 5.92 Å². The van der Waals surface area contributed by atoms with Crippen LogP contribution in [0, 0.1) is 18.3 Å². The Morgan fingerprint density at radius 3 is 2.28 bits per heavy atom. The van der Waals surface area contributed by atoms with Crippen LogP contribution < -0.4 is 5.32 Å². The number of aromatic carboxylic acids is 1. The summed E-state index contributed by atoms with van der Waals surface area (Å²) in [4.78, 5) is 23.7. The van der Waals surface area contributed by atoms with Gasteiger partial charge in [-0.1, -0.05) is 48.5 Å². The van der Waals surface area contributed by atoms with Gasteiger partial charge < -0.3 is 9.84 Å². The van der Waals surface area contributed by atoms with Crippen molar-refractivity contribution in [1.29, 1.82) is 5.26 Å². The average molecular weight is 404 g/mol. The number of amides is 1. The number of nitrogens with zero attached hydrogens (tertiary/aromatic N) is 1. The number of carbonyl (C=O) groups is 2. The first kappa shape index (κ1) is 18.7. The molecule has 144 valence electrons. The van der Waals surface area contributed by atoms with Crippen LogP contribution in [0.4, 0.5) is 9.80 Å². The van der Waals surface area contributed by atoms with Gasteiger partial charge in [0.25, 0.3) is 0 Å². The Kier molecular flexibility index (Phi) is 4.79. The summed E-state index contributed by atoms with van der Waals surface area (Å²) in [6.45, 7) is 1.68. The molecule has 2 aromatic carbocycles. The predicted molar refractivity (Wildman–Crippen MR) is 109 cm³/mol. The molecule has 0 unspecified atom stereocenters. The van der Waals surface area contributed by atoms with Gasteiger partial charge in [-0.05, 0) is 34.7 Å². The molecule has 1 amide bonds.